The largest absolute Gasteiger partial charge is 0.497 e. The van der Waals surface area contributed by atoms with E-state index in [1.165, 1.54) is 14.0 Å². The number of fused-ring (bicyclic) bond motifs is 1. The molecule has 2 aromatic rings. The highest BCUT2D eigenvalue weighted by molar-refractivity contribution is 5.99. The molecule has 0 radical (unpaired) electrons. The molecule has 2 rings (SSSR count). The number of Topliss-reactive ketones (excluding diaryl/α,β-unsaturated/α-hetero) is 1. The van der Waals surface area contributed by atoms with Gasteiger partial charge in [0, 0.05) is 11.5 Å². The molecule has 0 aliphatic carbocycles. The molecule has 0 saturated heterocycles. The summed E-state index contributed by atoms with van der Waals surface area (Å²) in [6, 6.07) is 7.29. The zero-order chi connectivity index (χ0) is 12.4. The lowest BCUT2D eigenvalue weighted by atomic mass is 10.1. The van der Waals surface area contributed by atoms with E-state index in [0.717, 1.165) is 16.7 Å². The minimum atomic E-state index is -0.0629. The number of aromatic nitrogens is 1. The SMILES string of the molecule is COc1ccc2cc(C(C)=O)c(OC)nc2c1. The standard InChI is InChI=1S/C13H13NO3/c1-8(15)11-6-9-4-5-10(16-2)7-12(9)14-13(11)17-3/h4-7H,1-3H3. The first-order valence-electron chi connectivity index (χ1n) is 5.19. The Labute approximate surface area is 99.2 Å². The second-order valence-electron chi connectivity index (χ2n) is 3.66. The zero-order valence-corrected chi connectivity index (χ0v) is 9.98. The molecule has 4 heteroatoms. The third-order valence-electron chi connectivity index (χ3n) is 2.56. The summed E-state index contributed by atoms with van der Waals surface area (Å²) in [6.45, 7) is 1.49. The molecular formula is C13H13NO3. The van der Waals surface area contributed by atoms with Gasteiger partial charge in [-0.1, -0.05) is 0 Å². The predicted octanol–water partition coefficient (Wildman–Crippen LogP) is 2.45. The summed E-state index contributed by atoms with van der Waals surface area (Å²) in [5, 5.41) is 0.886. The molecule has 0 spiro atoms. The minimum absolute atomic E-state index is 0.0629. The molecule has 17 heavy (non-hydrogen) atoms. The van der Waals surface area contributed by atoms with Crippen LogP contribution in [0, 0.1) is 0 Å². The van der Waals surface area contributed by atoms with Gasteiger partial charge in [-0.05, 0) is 25.1 Å². The van der Waals surface area contributed by atoms with Crippen molar-refractivity contribution in [3.05, 3.63) is 29.8 Å². The average molecular weight is 231 g/mol. The second-order valence-corrected chi connectivity index (χ2v) is 3.66. The quantitative estimate of drug-likeness (QED) is 0.761. The van der Waals surface area contributed by atoms with Crippen LogP contribution in [0.4, 0.5) is 0 Å². The van der Waals surface area contributed by atoms with E-state index in [9.17, 15) is 4.79 Å². The van der Waals surface area contributed by atoms with Crippen LogP contribution in [0.1, 0.15) is 17.3 Å². The molecular weight excluding hydrogens is 218 g/mol. The number of carbonyl (C=O) groups excluding carboxylic acids is 1. The highest BCUT2D eigenvalue weighted by atomic mass is 16.5. The molecule has 0 fully saturated rings. The van der Waals surface area contributed by atoms with Crippen molar-refractivity contribution in [3.8, 4) is 11.6 Å². The van der Waals surface area contributed by atoms with Crippen molar-refractivity contribution in [1.29, 1.82) is 0 Å². The second kappa shape index (κ2) is 4.41. The van der Waals surface area contributed by atoms with Gasteiger partial charge in [-0.3, -0.25) is 4.79 Å². The normalized spacial score (nSPS) is 10.3. The van der Waals surface area contributed by atoms with Gasteiger partial charge in [0.05, 0.1) is 25.3 Å². The van der Waals surface area contributed by atoms with Crippen molar-refractivity contribution in [3.63, 3.8) is 0 Å². The van der Waals surface area contributed by atoms with Crippen molar-refractivity contribution >= 4 is 16.7 Å². The van der Waals surface area contributed by atoms with E-state index in [-0.39, 0.29) is 5.78 Å². The highest BCUT2D eigenvalue weighted by Crippen LogP contribution is 2.25. The lowest BCUT2D eigenvalue weighted by Gasteiger charge is -2.07. The van der Waals surface area contributed by atoms with Crippen molar-refractivity contribution in [2.24, 2.45) is 0 Å². The first-order valence-corrected chi connectivity index (χ1v) is 5.19. The topological polar surface area (TPSA) is 48.4 Å². The number of pyridine rings is 1. The Kier molecular flexibility index (Phi) is 2.95. The number of carbonyl (C=O) groups is 1. The van der Waals surface area contributed by atoms with E-state index in [4.69, 9.17) is 9.47 Å². The van der Waals surface area contributed by atoms with Crippen molar-refractivity contribution < 1.29 is 14.3 Å². The van der Waals surface area contributed by atoms with Gasteiger partial charge in [0.1, 0.15) is 5.75 Å². The van der Waals surface area contributed by atoms with Crippen LogP contribution < -0.4 is 9.47 Å². The van der Waals surface area contributed by atoms with Crippen LogP contribution in [-0.4, -0.2) is 25.0 Å². The number of benzene rings is 1. The monoisotopic (exact) mass is 231 g/mol. The van der Waals surface area contributed by atoms with Crippen LogP contribution in [0.15, 0.2) is 24.3 Å². The first-order chi connectivity index (χ1) is 8.15. The molecule has 4 nitrogen and oxygen atoms in total. The molecule has 0 saturated carbocycles. The fourth-order valence-electron chi connectivity index (χ4n) is 1.66. The van der Waals surface area contributed by atoms with E-state index in [2.05, 4.69) is 4.98 Å². The van der Waals surface area contributed by atoms with Gasteiger partial charge >= 0.3 is 0 Å². The lowest BCUT2D eigenvalue weighted by Crippen LogP contribution is -2.00. The van der Waals surface area contributed by atoms with E-state index < -0.39 is 0 Å². The Bertz CT molecular complexity index is 578. The van der Waals surface area contributed by atoms with Crippen LogP contribution in [0.25, 0.3) is 10.9 Å². The smallest absolute Gasteiger partial charge is 0.224 e. The number of hydrogen-bond acceptors (Lipinski definition) is 4. The van der Waals surface area contributed by atoms with Gasteiger partial charge in [-0.25, -0.2) is 4.98 Å². The lowest BCUT2D eigenvalue weighted by molar-refractivity contribution is 0.101. The fourth-order valence-corrected chi connectivity index (χ4v) is 1.66. The maximum atomic E-state index is 11.4. The minimum Gasteiger partial charge on any atom is -0.497 e. The Hall–Kier alpha value is -2.10. The molecule has 0 aliphatic rings. The molecule has 1 heterocycles. The number of ether oxygens (including phenoxy) is 2. The number of hydrogen-bond donors (Lipinski definition) is 0. The average Bonchev–Trinajstić information content (AvgIpc) is 2.36. The van der Waals surface area contributed by atoms with E-state index in [0.29, 0.717) is 11.4 Å². The highest BCUT2D eigenvalue weighted by Gasteiger charge is 2.11. The van der Waals surface area contributed by atoms with Gasteiger partial charge in [0.15, 0.2) is 5.78 Å². The maximum Gasteiger partial charge on any atom is 0.224 e. The molecule has 0 N–H and O–H groups in total. The Morgan fingerprint density at radius 1 is 1.18 bits per heavy atom. The van der Waals surface area contributed by atoms with Crippen LogP contribution in [0.2, 0.25) is 0 Å². The number of ketones is 1. The molecule has 0 atom stereocenters. The number of nitrogens with zero attached hydrogens (tertiary/aromatic N) is 1. The molecule has 0 amide bonds. The van der Waals surface area contributed by atoms with Crippen LogP contribution in [0.5, 0.6) is 11.6 Å². The number of rotatable bonds is 3. The van der Waals surface area contributed by atoms with Gasteiger partial charge < -0.3 is 9.47 Å². The third kappa shape index (κ3) is 2.06. The molecule has 0 bridgehead atoms. The van der Waals surface area contributed by atoms with Crippen LogP contribution >= 0.6 is 0 Å². The molecule has 0 unspecified atom stereocenters. The Balaban J connectivity index is 2.69. The third-order valence-corrected chi connectivity index (χ3v) is 2.56. The summed E-state index contributed by atoms with van der Waals surface area (Å²) >= 11 is 0. The zero-order valence-electron chi connectivity index (χ0n) is 9.98. The van der Waals surface area contributed by atoms with Crippen LogP contribution in [0.3, 0.4) is 0 Å². The Morgan fingerprint density at radius 3 is 2.53 bits per heavy atom. The molecule has 1 aromatic carbocycles. The molecule has 1 aromatic heterocycles. The Morgan fingerprint density at radius 2 is 1.94 bits per heavy atom. The fraction of sp³-hybridized carbons (Fsp3) is 0.231. The summed E-state index contributed by atoms with van der Waals surface area (Å²) in [5.41, 5.74) is 1.23. The summed E-state index contributed by atoms with van der Waals surface area (Å²) in [4.78, 5) is 15.7. The van der Waals surface area contributed by atoms with Gasteiger partial charge in [-0.15, -0.1) is 0 Å². The van der Waals surface area contributed by atoms with Crippen molar-refractivity contribution in [2.45, 2.75) is 6.92 Å². The summed E-state index contributed by atoms with van der Waals surface area (Å²) in [6.07, 6.45) is 0. The van der Waals surface area contributed by atoms with Crippen LogP contribution in [-0.2, 0) is 0 Å². The van der Waals surface area contributed by atoms with Gasteiger partial charge in [-0.2, -0.15) is 0 Å². The van der Waals surface area contributed by atoms with Crippen molar-refractivity contribution in [2.75, 3.05) is 14.2 Å². The number of methoxy groups -OCH3 is 2. The van der Waals surface area contributed by atoms with E-state index in [1.807, 2.05) is 18.2 Å². The predicted molar refractivity (Wildman–Crippen MR) is 64.9 cm³/mol. The summed E-state index contributed by atoms with van der Waals surface area (Å²) in [7, 11) is 3.10. The van der Waals surface area contributed by atoms with E-state index >= 15 is 0 Å². The maximum absolute atomic E-state index is 11.4. The summed E-state index contributed by atoms with van der Waals surface area (Å²) < 4.78 is 10.2. The van der Waals surface area contributed by atoms with Gasteiger partial charge in [0.25, 0.3) is 0 Å². The molecule has 0 aliphatic heterocycles. The van der Waals surface area contributed by atoms with E-state index in [1.54, 1.807) is 13.2 Å². The van der Waals surface area contributed by atoms with Gasteiger partial charge in [0.2, 0.25) is 5.88 Å². The molecule has 88 valence electrons. The van der Waals surface area contributed by atoms with Crippen molar-refractivity contribution in [1.82, 2.24) is 4.98 Å². The summed E-state index contributed by atoms with van der Waals surface area (Å²) in [5.74, 6) is 1.01. The first kappa shape index (κ1) is 11.4.